The average Bonchev–Trinajstić information content (AvgIpc) is 2.41. The Morgan fingerprint density at radius 3 is 2.85 bits per heavy atom. The Morgan fingerprint density at radius 1 is 1.45 bits per heavy atom. The summed E-state index contributed by atoms with van der Waals surface area (Å²) in [7, 11) is 0. The van der Waals surface area contributed by atoms with Crippen molar-refractivity contribution in [2.75, 3.05) is 0 Å². The van der Waals surface area contributed by atoms with Crippen LogP contribution in [0.25, 0.3) is 0 Å². The van der Waals surface area contributed by atoms with Crippen molar-refractivity contribution < 1.29 is 9.66 Å². The zero-order valence-corrected chi connectivity index (χ0v) is 12.2. The van der Waals surface area contributed by atoms with Crippen LogP contribution in [-0.2, 0) is 0 Å². The van der Waals surface area contributed by atoms with E-state index >= 15 is 0 Å². The molecule has 7 heteroatoms. The molecule has 0 fully saturated rings. The van der Waals surface area contributed by atoms with Gasteiger partial charge >= 0.3 is 5.69 Å². The lowest BCUT2D eigenvalue weighted by Gasteiger charge is -2.12. The summed E-state index contributed by atoms with van der Waals surface area (Å²) in [4.78, 5) is 14.6. The van der Waals surface area contributed by atoms with Gasteiger partial charge in [-0.2, -0.15) is 0 Å². The highest BCUT2D eigenvalue weighted by atomic mass is 79.9. The number of nitro benzene ring substituents is 1. The lowest BCUT2D eigenvalue weighted by Crippen LogP contribution is -2.07. The molecule has 6 nitrogen and oxygen atoms in total. The van der Waals surface area contributed by atoms with E-state index in [1.54, 1.807) is 31.3 Å². The topological polar surface area (TPSA) is 91.3 Å². The normalized spacial score (nSPS) is 11.9. The molecule has 0 bridgehead atoms. The van der Waals surface area contributed by atoms with E-state index in [1.807, 2.05) is 0 Å². The largest absolute Gasteiger partial charge is 0.431 e. The summed E-state index contributed by atoms with van der Waals surface area (Å²) in [6.07, 6.45) is 1.55. The summed E-state index contributed by atoms with van der Waals surface area (Å²) in [5.74, 6) is 0.395. The zero-order valence-electron chi connectivity index (χ0n) is 10.6. The lowest BCUT2D eigenvalue weighted by atomic mass is 10.1. The lowest BCUT2D eigenvalue weighted by molar-refractivity contribution is -0.385. The van der Waals surface area contributed by atoms with Crippen molar-refractivity contribution in [1.29, 1.82) is 0 Å². The second kappa shape index (κ2) is 5.98. The van der Waals surface area contributed by atoms with Gasteiger partial charge in [0.2, 0.25) is 11.6 Å². The van der Waals surface area contributed by atoms with Gasteiger partial charge in [-0.1, -0.05) is 22.0 Å². The number of pyridine rings is 1. The van der Waals surface area contributed by atoms with Gasteiger partial charge in [-0.3, -0.25) is 10.1 Å². The Hall–Kier alpha value is -1.99. The van der Waals surface area contributed by atoms with Crippen LogP contribution in [0, 0.1) is 10.1 Å². The smallest absolute Gasteiger partial charge is 0.312 e. The standard InChI is InChI=1S/C13H12BrN3O3/c1-8(15)10-3-2-6-16-13(10)20-12-5-4-9(14)7-11(12)17(18)19/h2-8H,15H2,1H3/t8-/m1/s1. The molecule has 0 unspecified atom stereocenters. The summed E-state index contributed by atoms with van der Waals surface area (Å²) in [6, 6.07) is 7.79. The van der Waals surface area contributed by atoms with E-state index in [1.165, 1.54) is 12.1 Å². The van der Waals surface area contributed by atoms with Crippen LogP contribution in [0.5, 0.6) is 11.6 Å². The third kappa shape index (κ3) is 3.12. The van der Waals surface area contributed by atoms with Crippen molar-refractivity contribution in [2.45, 2.75) is 13.0 Å². The fourth-order valence-corrected chi connectivity index (χ4v) is 2.01. The Labute approximate surface area is 123 Å². The van der Waals surface area contributed by atoms with Gasteiger partial charge in [-0.15, -0.1) is 0 Å². The number of hydrogen-bond donors (Lipinski definition) is 1. The summed E-state index contributed by atoms with van der Waals surface area (Å²) in [5.41, 5.74) is 6.38. The minimum Gasteiger partial charge on any atom is -0.431 e. The molecule has 104 valence electrons. The van der Waals surface area contributed by atoms with Crippen LogP contribution in [0.3, 0.4) is 0 Å². The van der Waals surface area contributed by atoms with Crippen LogP contribution in [0.15, 0.2) is 41.0 Å². The molecule has 20 heavy (non-hydrogen) atoms. The second-order valence-electron chi connectivity index (χ2n) is 4.16. The third-order valence-electron chi connectivity index (χ3n) is 2.62. The van der Waals surface area contributed by atoms with Crippen LogP contribution in [-0.4, -0.2) is 9.91 Å². The molecular formula is C13H12BrN3O3. The number of nitro groups is 1. The molecule has 2 N–H and O–H groups in total. The van der Waals surface area contributed by atoms with E-state index in [0.717, 1.165) is 0 Å². The van der Waals surface area contributed by atoms with Gasteiger partial charge in [-0.25, -0.2) is 4.98 Å². The molecular weight excluding hydrogens is 326 g/mol. The number of hydrogen-bond acceptors (Lipinski definition) is 5. The van der Waals surface area contributed by atoms with Crippen molar-refractivity contribution in [2.24, 2.45) is 5.73 Å². The molecule has 1 aromatic heterocycles. The van der Waals surface area contributed by atoms with E-state index in [2.05, 4.69) is 20.9 Å². The van der Waals surface area contributed by atoms with E-state index in [4.69, 9.17) is 10.5 Å². The molecule has 2 rings (SSSR count). The Balaban J connectivity index is 2.43. The molecule has 1 atom stereocenters. The molecule has 0 aliphatic carbocycles. The minimum atomic E-state index is -0.505. The van der Waals surface area contributed by atoms with Gasteiger partial charge in [0.05, 0.1) is 4.92 Å². The van der Waals surface area contributed by atoms with Crippen LogP contribution in [0.2, 0.25) is 0 Å². The highest BCUT2D eigenvalue weighted by Gasteiger charge is 2.18. The number of nitrogens with two attached hydrogens (primary N) is 1. The highest BCUT2D eigenvalue weighted by Crippen LogP contribution is 2.34. The predicted molar refractivity (Wildman–Crippen MR) is 77.7 cm³/mol. The first-order valence-corrected chi connectivity index (χ1v) is 6.60. The predicted octanol–water partition coefficient (Wildman–Crippen LogP) is 3.56. The molecule has 0 aliphatic heterocycles. The summed E-state index contributed by atoms with van der Waals surface area (Å²) in [6.45, 7) is 1.79. The maximum atomic E-state index is 11.0. The number of benzene rings is 1. The summed E-state index contributed by atoms with van der Waals surface area (Å²) >= 11 is 3.19. The Bertz CT molecular complexity index is 647. The third-order valence-corrected chi connectivity index (χ3v) is 3.11. The van der Waals surface area contributed by atoms with Crippen LogP contribution in [0.4, 0.5) is 5.69 Å². The van der Waals surface area contributed by atoms with Gasteiger partial charge in [0.1, 0.15) is 0 Å². The Morgan fingerprint density at radius 2 is 2.20 bits per heavy atom. The first-order valence-electron chi connectivity index (χ1n) is 5.81. The molecule has 0 saturated carbocycles. The van der Waals surface area contributed by atoms with Gasteiger partial charge in [0.25, 0.3) is 0 Å². The quantitative estimate of drug-likeness (QED) is 0.680. The average molecular weight is 338 g/mol. The highest BCUT2D eigenvalue weighted by molar-refractivity contribution is 9.10. The monoisotopic (exact) mass is 337 g/mol. The van der Waals surface area contributed by atoms with E-state index < -0.39 is 4.92 Å². The van der Waals surface area contributed by atoms with Gasteiger partial charge < -0.3 is 10.5 Å². The fraction of sp³-hybridized carbons (Fsp3) is 0.154. The number of ether oxygens (including phenoxy) is 1. The van der Waals surface area contributed by atoms with Crippen molar-refractivity contribution >= 4 is 21.6 Å². The van der Waals surface area contributed by atoms with E-state index in [9.17, 15) is 10.1 Å². The molecule has 0 spiro atoms. The van der Waals surface area contributed by atoms with Crippen molar-refractivity contribution in [3.63, 3.8) is 0 Å². The van der Waals surface area contributed by atoms with E-state index in [0.29, 0.717) is 10.0 Å². The summed E-state index contributed by atoms with van der Waals surface area (Å²) < 4.78 is 6.17. The fourth-order valence-electron chi connectivity index (χ4n) is 1.66. The van der Waals surface area contributed by atoms with Crippen LogP contribution < -0.4 is 10.5 Å². The molecule has 0 radical (unpaired) electrons. The van der Waals surface area contributed by atoms with Crippen molar-refractivity contribution in [3.05, 3.63) is 56.7 Å². The van der Waals surface area contributed by atoms with Crippen molar-refractivity contribution in [3.8, 4) is 11.6 Å². The molecule has 1 aromatic carbocycles. The Kier molecular flexibility index (Phi) is 4.31. The zero-order chi connectivity index (χ0) is 14.7. The van der Waals surface area contributed by atoms with Crippen LogP contribution in [0.1, 0.15) is 18.5 Å². The molecule has 2 aromatic rings. The van der Waals surface area contributed by atoms with Gasteiger partial charge in [0.15, 0.2) is 0 Å². The molecule has 1 heterocycles. The maximum absolute atomic E-state index is 11.0. The SMILES string of the molecule is C[C@@H](N)c1cccnc1Oc1ccc(Br)cc1[N+](=O)[O-]. The minimum absolute atomic E-state index is 0.124. The molecule has 0 aliphatic rings. The number of rotatable bonds is 4. The first kappa shape index (κ1) is 14.4. The number of nitrogens with zero attached hydrogens (tertiary/aromatic N) is 2. The maximum Gasteiger partial charge on any atom is 0.312 e. The summed E-state index contributed by atoms with van der Waals surface area (Å²) in [5, 5.41) is 11.0. The number of halogens is 1. The van der Waals surface area contributed by atoms with Crippen LogP contribution >= 0.6 is 15.9 Å². The number of aromatic nitrogens is 1. The second-order valence-corrected chi connectivity index (χ2v) is 5.07. The van der Waals surface area contributed by atoms with Gasteiger partial charge in [-0.05, 0) is 25.1 Å². The molecule has 0 amide bonds. The van der Waals surface area contributed by atoms with E-state index in [-0.39, 0.29) is 23.4 Å². The van der Waals surface area contributed by atoms with Crippen molar-refractivity contribution in [1.82, 2.24) is 4.98 Å². The first-order chi connectivity index (χ1) is 9.49. The molecule has 0 saturated heterocycles. The van der Waals surface area contributed by atoms with Gasteiger partial charge in [0, 0.05) is 28.3 Å².